The molecule has 1 N–H and O–H groups in total. The third-order valence-electron chi connectivity index (χ3n) is 3.51. The van der Waals surface area contributed by atoms with Crippen LogP contribution >= 0.6 is 0 Å². The number of nitrogens with one attached hydrogen (secondary N) is 1. The molecular formula is C13H15FN2O4. The molecule has 0 aromatic heterocycles. The van der Waals surface area contributed by atoms with Crippen LogP contribution in [-0.2, 0) is 9.53 Å². The van der Waals surface area contributed by atoms with Crippen LogP contribution in [0.5, 0.6) is 0 Å². The number of rotatable bonds is 5. The number of hydrogen-bond donors (Lipinski definition) is 1. The molecule has 2 rings (SSSR count). The van der Waals surface area contributed by atoms with Crippen molar-refractivity contribution < 1.29 is 18.8 Å². The first kappa shape index (κ1) is 14.2. The first-order chi connectivity index (χ1) is 9.51. The summed E-state index contributed by atoms with van der Waals surface area (Å²) >= 11 is 0. The zero-order valence-electron chi connectivity index (χ0n) is 11.0. The maximum absolute atomic E-state index is 13.0. The standard InChI is InChI=1S/C13H15FN2O4/c1-20-13(17)9-4-8(5-9)7-15-11-3-2-10(14)6-12(11)16(18)19/h2-3,6,8-9,15H,4-5,7H2,1H3/t8-,9-. The molecule has 0 heterocycles. The second-order valence-corrected chi connectivity index (χ2v) is 4.86. The van der Waals surface area contributed by atoms with E-state index in [4.69, 9.17) is 0 Å². The van der Waals surface area contributed by atoms with Crippen LogP contribution in [0.25, 0.3) is 0 Å². The number of anilines is 1. The molecule has 0 spiro atoms. The van der Waals surface area contributed by atoms with Gasteiger partial charge in [0.1, 0.15) is 11.5 Å². The average Bonchev–Trinajstić information content (AvgIpc) is 2.37. The number of carbonyl (C=O) groups is 1. The number of ether oxygens (including phenoxy) is 1. The molecule has 0 aliphatic heterocycles. The van der Waals surface area contributed by atoms with Gasteiger partial charge in [-0.25, -0.2) is 4.39 Å². The van der Waals surface area contributed by atoms with Crippen LogP contribution in [0.3, 0.4) is 0 Å². The topological polar surface area (TPSA) is 81.5 Å². The van der Waals surface area contributed by atoms with Crippen molar-refractivity contribution >= 4 is 17.3 Å². The molecule has 20 heavy (non-hydrogen) atoms. The normalized spacial score (nSPS) is 20.9. The predicted octanol–water partition coefficient (Wildman–Crippen LogP) is 2.34. The largest absolute Gasteiger partial charge is 0.469 e. The van der Waals surface area contributed by atoms with Gasteiger partial charge in [-0.2, -0.15) is 0 Å². The monoisotopic (exact) mass is 282 g/mol. The molecule has 1 saturated carbocycles. The molecule has 108 valence electrons. The van der Waals surface area contributed by atoms with E-state index >= 15 is 0 Å². The highest BCUT2D eigenvalue weighted by molar-refractivity contribution is 5.73. The van der Waals surface area contributed by atoms with Crippen LogP contribution in [0.15, 0.2) is 18.2 Å². The highest BCUT2D eigenvalue weighted by atomic mass is 19.1. The Bertz CT molecular complexity index is 529. The smallest absolute Gasteiger partial charge is 0.308 e. The van der Waals surface area contributed by atoms with E-state index in [1.807, 2.05) is 0 Å². The Hall–Kier alpha value is -2.18. The van der Waals surface area contributed by atoms with Gasteiger partial charge in [0.05, 0.1) is 24.0 Å². The molecule has 1 aromatic carbocycles. The lowest BCUT2D eigenvalue weighted by atomic mass is 9.75. The van der Waals surface area contributed by atoms with Crippen LogP contribution < -0.4 is 5.32 Å². The molecule has 0 bridgehead atoms. The first-order valence-corrected chi connectivity index (χ1v) is 6.27. The fourth-order valence-electron chi connectivity index (χ4n) is 2.32. The third kappa shape index (κ3) is 3.04. The lowest BCUT2D eigenvalue weighted by Gasteiger charge is -2.33. The van der Waals surface area contributed by atoms with Crippen LogP contribution in [-0.4, -0.2) is 24.5 Å². The van der Waals surface area contributed by atoms with Crippen LogP contribution in [0.1, 0.15) is 12.8 Å². The van der Waals surface area contributed by atoms with Gasteiger partial charge in [0.15, 0.2) is 0 Å². The Morgan fingerprint density at radius 3 is 2.85 bits per heavy atom. The van der Waals surface area contributed by atoms with Gasteiger partial charge in [-0.15, -0.1) is 0 Å². The SMILES string of the molecule is COC(=O)[C@H]1C[C@H](CNc2ccc(F)cc2[N+](=O)[O-])C1. The van der Waals surface area contributed by atoms with Gasteiger partial charge < -0.3 is 10.1 Å². The number of benzene rings is 1. The van der Waals surface area contributed by atoms with Crippen molar-refractivity contribution in [2.24, 2.45) is 11.8 Å². The molecule has 6 nitrogen and oxygen atoms in total. The minimum atomic E-state index is -0.642. The molecule has 0 radical (unpaired) electrons. The van der Waals surface area contributed by atoms with Gasteiger partial charge in [-0.1, -0.05) is 0 Å². The van der Waals surface area contributed by atoms with Crippen LogP contribution in [0.4, 0.5) is 15.8 Å². The van der Waals surface area contributed by atoms with E-state index < -0.39 is 10.7 Å². The van der Waals surface area contributed by atoms with Crippen molar-refractivity contribution in [1.29, 1.82) is 0 Å². The zero-order chi connectivity index (χ0) is 14.7. The number of hydrogen-bond acceptors (Lipinski definition) is 5. The summed E-state index contributed by atoms with van der Waals surface area (Å²) in [6, 6.07) is 3.41. The highest BCUT2D eigenvalue weighted by Gasteiger charge is 2.35. The fourth-order valence-corrected chi connectivity index (χ4v) is 2.32. The maximum atomic E-state index is 13.0. The van der Waals surface area contributed by atoms with Crippen molar-refractivity contribution in [1.82, 2.24) is 0 Å². The molecule has 0 unspecified atom stereocenters. The lowest BCUT2D eigenvalue weighted by molar-refractivity contribution is -0.384. The molecule has 1 aromatic rings. The van der Waals surface area contributed by atoms with Gasteiger partial charge in [0, 0.05) is 6.54 Å². The minimum Gasteiger partial charge on any atom is -0.469 e. The zero-order valence-corrected chi connectivity index (χ0v) is 11.0. The Kier molecular flexibility index (Phi) is 4.16. The van der Waals surface area contributed by atoms with E-state index in [1.54, 1.807) is 0 Å². The first-order valence-electron chi connectivity index (χ1n) is 6.27. The second kappa shape index (κ2) is 5.85. The summed E-state index contributed by atoms with van der Waals surface area (Å²) in [6.07, 6.45) is 1.41. The number of methoxy groups -OCH3 is 1. The summed E-state index contributed by atoms with van der Waals surface area (Å²) in [6.45, 7) is 0.514. The van der Waals surface area contributed by atoms with Crippen molar-refractivity contribution in [3.05, 3.63) is 34.1 Å². The fraction of sp³-hybridized carbons (Fsp3) is 0.462. The van der Waals surface area contributed by atoms with Crippen LogP contribution in [0, 0.1) is 27.8 Å². The third-order valence-corrected chi connectivity index (χ3v) is 3.51. The Labute approximate surface area is 115 Å². The van der Waals surface area contributed by atoms with Gasteiger partial charge in [-0.3, -0.25) is 14.9 Å². The van der Waals surface area contributed by atoms with E-state index in [2.05, 4.69) is 10.1 Å². The van der Waals surface area contributed by atoms with Crippen molar-refractivity contribution in [3.63, 3.8) is 0 Å². The Balaban J connectivity index is 1.90. The Morgan fingerprint density at radius 1 is 1.55 bits per heavy atom. The minimum absolute atomic E-state index is 0.0741. The number of carbonyl (C=O) groups excluding carboxylic acids is 1. The summed E-state index contributed by atoms with van der Waals surface area (Å²) in [4.78, 5) is 21.4. The molecular weight excluding hydrogens is 267 g/mol. The number of nitro groups is 1. The lowest BCUT2D eigenvalue weighted by Crippen LogP contribution is -2.35. The maximum Gasteiger partial charge on any atom is 0.308 e. The van der Waals surface area contributed by atoms with E-state index in [0.29, 0.717) is 19.4 Å². The molecule has 1 aliphatic rings. The average molecular weight is 282 g/mol. The highest BCUT2D eigenvalue weighted by Crippen LogP contribution is 2.35. The van der Waals surface area contributed by atoms with Gasteiger partial charge in [0.2, 0.25) is 0 Å². The van der Waals surface area contributed by atoms with Crippen LogP contribution in [0.2, 0.25) is 0 Å². The van der Waals surface area contributed by atoms with E-state index in [9.17, 15) is 19.3 Å². The molecule has 1 aliphatic carbocycles. The van der Waals surface area contributed by atoms with Gasteiger partial charge in [-0.05, 0) is 30.9 Å². The summed E-state index contributed by atoms with van der Waals surface area (Å²) in [5.41, 5.74) is 0.00626. The number of nitro benzene ring substituents is 1. The van der Waals surface area contributed by atoms with E-state index in [1.165, 1.54) is 19.2 Å². The summed E-state index contributed by atoms with van der Waals surface area (Å²) in [5.74, 6) is -0.663. The van der Waals surface area contributed by atoms with Gasteiger partial charge in [0.25, 0.3) is 5.69 Å². The molecule has 1 fully saturated rings. The molecule has 0 atom stereocenters. The van der Waals surface area contributed by atoms with Gasteiger partial charge >= 0.3 is 5.97 Å². The Morgan fingerprint density at radius 2 is 2.25 bits per heavy atom. The molecule has 7 heteroatoms. The van der Waals surface area contributed by atoms with Crippen molar-refractivity contribution in [2.45, 2.75) is 12.8 Å². The quantitative estimate of drug-likeness (QED) is 0.509. The predicted molar refractivity (Wildman–Crippen MR) is 69.8 cm³/mol. The summed E-state index contributed by atoms with van der Waals surface area (Å²) < 4.78 is 17.6. The molecule has 0 amide bonds. The van der Waals surface area contributed by atoms with E-state index in [0.717, 1.165) is 6.07 Å². The number of halogens is 1. The number of esters is 1. The second-order valence-electron chi connectivity index (χ2n) is 4.86. The summed E-state index contributed by atoms with van der Waals surface area (Å²) in [5, 5.41) is 13.8. The number of nitrogens with zero attached hydrogens (tertiary/aromatic N) is 1. The van der Waals surface area contributed by atoms with E-state index in [-0.39, 0.29) is 29.2 Å². The molecule has 0 saturated heterocycles. The van der Waals surface area contributed by atoms with Crippen molar-refractivity contribution in [2.75, 3.05) is 19.0 Å². The summed E-state index contributed by atoms with van der Waals surface area (Å²) in [7, 11) is 1.36. The van der Waals surface area contributed by atoms with Crippen molar-refractivity contribution in [3.8, 4) is 0 Å².